The van der Waals surface area contributed by atoms with Gasteiger partial charge in [0, 0.05) is 0 Å². The van der Waals surface area contributed by atoms with E-state index in [2.05, 4.69) is 5.32 Å². The van der Waals surface area contributed by atoms with Crippen LogP contribution >= 0.6 is 11.6 Å². The van der Waals surface area contributed by atoms with Crippen molar-refractivity contribution in [2.24, 2.45) is 0 Å². The molecule has 1 aromatic carbocycles. The Bertz CT molecular complexity index is 401. The molecule has 0 unspecified atom stereocenters. The highest BCUT2D eigenvalue weighted by atomic mass is 35.5. The topological polar surface area (TPSA) is 38.3 Å². The maximum absolute atomic E-state index is 11.6. The van der Waals surface area contributed by atoms with Crippen molar-refractivity contribution in [3.8, 4) is 5.75 Å². The van der Waals surface area contributed by atoms with Gasteiger partial charge in [0.15, 0.2) is 0 Å². The van der Waals surface area contributed by atoms with E-state index in [9.17, 15) is 4.79 Å². The van der Waals surface area contributed by atoms with Crippen molar-refractivity contribution in [2.45, 2.75) is 0 Å². The van der Waals surface area contributed by atoms with Gasteiger partial charge in [0.05, 0.1) is 17.1 Å². The number of carbonyl (C=O) groups is 1. The predicted octanol–water partition coefficient (Wildman–Crippen LogP) is 1.89. The minimum absolute atomic E-state index is 0.190. The summed E-state index contributed by atoms with van der Waals surface area (Å²) in [5.74, 6) is 0.579. The smallest absolute Gasteiger partial charge is 0.259 e. The molecular weight excluding hydrogens is 202 g/mol. The lowest BCUT2D eigenvalue weighted by molar-refractivity contribution is 0.0966. The van der Waals surface area contributed by atoms with Crippen LogP contribution in [0, 0.1) is 0 Å². The average molecular weight is 210 g/mol. The number of hydrogen-bond donors (Lipinski definition) is 1. The van der Waals surface area contributed by atoms with Gasteiger partial charge in [-0.3, -0.25) is 4.79 Å². The number of carbonyl (C=O) groups excluding carboxylic acids is 1. The van der Waals surface area contributed by atoms with Gasteiger partial charge in [-0.25, -0.2) is 0 Å². The van der Waals surface area contributed by atoms with E-state index in [0.29, 0.717) is 17.0 Å². The summed E-state index contributed by atoms with van der Waals surface area (Å²) in [6.45, 7) is 0. The van der Waals surface area contributed by atoms with Crippen LogP contribution < -0.4 is 10.1 Å². The number of allylic oxidation sites excluding steroid dienone is 1. The molecular formula is C10H8ClNO2. The molecule has 0 saturated carbocycles. The zero-order valence-corrected chi connectivity index (χ0v) is 8.04. The highest BCUT2D eigenvalue weighted by Gasteiger charge is 2.16. The molecule has 2 rings (SSSR count). The minimum Gasteiger partial charge on any atom is -0.462 e. The van der Waals surface area contributed by atoms with E-state index in [1.54, 1.807) is 18.2 Å². The van der Waals surface area contributed by atoms with Crippen LogP contribution in [0.25, 0.3) is 0 Å². The molecule has 0 aromatic heterocycles. The van der Waals surface area contributed by atoms with Crippen LogP contribution in [0.15, 0.2) is 36.2 Å². The number of hydrogen-bond acceptors (Lipinski definition) is 2. The SMILES string of the molecule is O=C1NC(CCl)=COc2ccccc21. The number of fused-ring (bicyclic) bond motifs is 1. The van der Waals surface area contributed by atoms with E-state index < -0.39 is 0 Å². The van der Waals surface area contributed by atoms with E-state index in [-0.39, 0.29) is 11.8 Å². The second kappa shape index (κ2) is 3.72. The maximum Gasteiger partial charge on any atom is 0.259 e. The molecule has 1 amide bonds. The first-order chi connectivity index (χ1) is 6.81. The quantitative estimate of drug-likeness (QED) is 0.718. The van der Waals surface area contributed by atoms with E-state index in [1.165, 1.54) is 6.26 Å². The zero-order chi connectivity index (χ0) is 9.97. The van der Waals surface area contributed by atoms with Crippen molar-refractivity contribution in [3.63, 3.8) is 0 Å². The number of alkyl halides is 1. The fourth-order valence-corrected chi connectivity index (χ4v) is 1.33. The summed E-state index contributed by atoms with van der Waals surface area (Å²) in [6.07, 6.45) is 1.46. The molecule has 4 heteroatoms. The Morgan fingerprint density at radius 1 is 1.36 bits per heavy atom. The Balaban J connectivity index is 2.40. The first-order valence-electron chi connectivity index (χ1n) is 4.13. The van der Waals surface area contributed by atoms with Gasteiger partial charge >= 0.3 is 0 Å². The number of halogens is 1. The summed E-state index contributed by atoms with van der Waals surface area (Å²) >= 11 is 5.60. The van der Waals surface area contributed by atoms with Crippen LogP contribution in [-0.4, -0.2) is 11.8 Å². The summed E-state index contributed by atoms with van der Waals surface area (Å²) in [5.41, 5.74) is 1.08. The Morgan fingerprint density at radius 3 is 2.93 bits per heavy atom. The molecule has 1 aliphatic heterocycles. The van der Waals surface area contributed by atoms with Crippen LogP contribution in [0.5, 0.6) is 5.75 Å². The molecule has 3 nitrogen and oxygen atoms in total. The molecule has 0 atom stereocenters. The van der Waals surface area contributed by atoms with Crippen molar-refractivity contribution < 1.29 is 9.53 Å². The van der Waals surface area contributed by atoms with E-state index in [0.717, 1.165) is 0 Å². The summed E-state index contributed by atoms with van der Waals surface area (Å²) < 4.78 is 5.29. The van der Waals surface area contributed by atoms with Gasteiger partial charge in [0.25, 0.3) is 5.91 Å². The molecule has 0 bridgehead atoms. The molecule has 14 heavy (non-hydrogen) atoms. The number of nitrogens with one attached hydrogen (secondary N) is 1. The summed E-state index contributed by atoms with van der Waals surface area (Å²) in [6, 6.07) is 7.04. The van der Waals surface area contributed by atoms with Gasteiger partial charge in [-0.15, -0.1) is 11.6 Å². The molecule has 0 aliphatic carbocycles. The maximum atomic E-state index is 11.6. The van der Waals surface area contributed by atoms with Crippen molar-refractivity contribution in [2.75, 3.05) is 5.88 Å². The second-order valence-corrected chi connectivity index (χ2v) is 3.11. The first-order valence-corrected chi connectivity index (χ1v) is 4.67. The second-order valence-electron chi connectivity index (χ2n) is 2.84. The normalized spacial score (nSPS) is 14.6. The third-order valence-electron chi connectivity index (χ3n) is 1.88. The standard InChI is InChI=1S/C10H8ClNO2/c11-5-7-6-14-9-4-2-1-3-8(9)10(13)12-7/h1-4,6H,5H2,(H,12,13). The number of amides is 1. The van der Waals surface area contributed by atoms with Crippen LogP contribution in [0.3, 0.4) is 0 Å². The first kappa shape index (κ1) is 9.09. The minimum atomic E-state index is -0.190. The number of ether oxygens (including phenoxy) is 1. The lowest BCUT2D eigenvalue weighted by atomic mass is 10.2. The van der Waals surface area contributed by atoms with Gasteiger partial charge in [-0.1, -0.05) is 12.1 Å². The average Bonchev–Trinajstić information content (AvgIpc) is 2.39. The number of rotatable bonds is 1. The zero-order valence-electron chi connectivity index (χ0n) is 7.29. The fourth-order valence-electron chi connectivity index (χ4n) is 1.20. The number of para-hydroxylation sites is 1. The Hall–Kier alpha value is -1.48. The third kappa shape index (κ3) is 1.59. The lowest BCUT2D eigenvalue weighted by Crippen LogP contribution is -2.22. The summed E-state index contributed by atoms with van der Waals surface area (Å²) in [7, 11) is 0. The summed E-state index contributed by atoms with van der Waals surface area (Å²) in [4.78, 5) is 11.6. The lowest BCUT2D eigenvalue weighted by Gasteiger charge is -2.02. The Morgan fingerprint density at radius 2 is 2.14 bits per heavy atom. The highest BCUT2D eigenvalue weighted by molar-refractivity contribution is 6.19. The molecule has 0 radical (unpaired) electrons. The van der Waals surface area contributed by atoms with Gasteiger partial charge < -0.3 is 10.1 Å². The Labute approximate surface area is 86.3 Å². The van der Waals surface area contributed by atoms with E-state index in [4.69, 9.17) is 16.3 Å². The van der Waals surface area contributed by atoms with Gasteiger partial charge in [-0.05, 0) is 12.1 Å². The van der Waals surface area contributed by atoms with Crippen LogP contribution in [0.1, 0.15) is 10.4 Å². The molecule has 1 aliphatic rings. The molecule has 0 fully saturated rings. The Kier molecular flexibility index (Phi) is 2.41. The number of benzene rings is 1. The predicted molar refractivity (Wildman–Crippen MR) is 53.3 cm³/mol. The van der Waals surface area contributed by atoms with Crippen molar-refractivity contribution in [1.82, 2.24) is 5.32 Å². The summed E-state index contributed by atoms with van der Waals surface area (Å²) in [5, 5.41) is 2.65. The largest absolute Gasteiger partial charge is 0.462 e. The van der Waals surface area contributed by atoms with Crippen molar-refractivity contribution in [3.05, 3.63) is 41.8 Å². The van der Waals surface area contributed by atoms with Gasteiger partial charge in [0.1, 0.15) is 12.0 Å². The monoisotopic (exact) mass is 209 g/mol. The molecule has 1 heterocycles. The van der Waals surface area contributed by atoms with Gasteiger partial charge in [0.2, 0.25) is 0 Å². The molecule has 0 spiro atoms. The molecule has 1 N–H and O–H groups in total. The molecule has 0 saturated heterocycles. The highest BCUT2D eigenvalue weighted by Crippen LogP contribution is 2.20. The molecule has 72 valence electrons. The van der Waals surface area contributed by atoms with E-state index >= 15 is 0 Å². The van der Waals surface area contributed by atoms with Crippen LogP contribution in [0.4, 0.5) is 0 Å². The van der Waals surface area contributed by atoms with Crippen molar-refractivity contribution in [1.29, 1.82) is 0 Å². The van der Waals surface area contributed by atoms with E-state index in [1.807, 2.05) is 6.07 Å². The third-order valence-corrected chi connectivity index (χ3v) is 2.17. The fraction of sp³-hybridized carbons (Fsp3) is 0.100. The van der Waals surface area contributed by atoms with Crippen molar-refractivity contribution >= 4 is 17.5 Å². The van der Waals surface area contributed by atoms with Crippen LogP contribution in [0.2, 0.25) is 0 Å². The van der Waals surface area contributed by atoms with Gasteiger partial charge in [-0.2, -0.15) is 0 Å². The van der Waals surface area contributed by atoms with Crippen LogP contribution in [-0.2, 0) is 0 Å². The molecule has 1 aromatic rings.